The highest BCUT2D eigenvalue weighted by Crippen LogP contribution is 2.20. The van der Waals surface area contributed by atoms with Gasteiger partial charge in [0.1, 0.15) is 0 Å². The molecule has 2 aliphatic rings. The summed E-state index contributed by atoms with van der Waals surface area (Å²) in [6.45, 7) is 1.16. The van der Waals surface area contributed by atoms with E-state index >= 15 is 0 Å². The van der Waals surface area contributed by atoms with Crippen molar-refractivity contribution in [2.75, 3.05) is 13.2 Å². The molecule has 0 radical (unpaired) electrons. The molecule has 0 aromatic heterocycles. The fraction of sp³-hybridized carbons (Fsp3) is 0.700. The highest BCUT2D eigenvalue weighted by molar-refractivity contribution is 6.16. The third kappa shape index (κ3) is 2.07. The van der Waals surface area contributed by atoms with Crippen molar-refractivity contribution >= 4 is 17.6 Å². The van der Waals surface area contributed by atoms with Crippen molar-refractivity contribution in [2.45, 2.75) is 31.7 Å². The van der Waals surface area contributed by atoms with Gasteiger partial charge in [-0.15, -0.1) is 0 Å². The van der Waals surface area contributed by atoms with Gasteiger partial charge in [-0.25, -0.2) is 0 Å². The average Bonchev–Trinajstić information content (AvgIpc) is 2.17. The van der Waals surface area contributed by atoms with Crippen molar-refractivity contribution in [3.8, 4) is 0 Å². The minimum atomic E-state index is -0.344. The number of ketones is 1. The van der Waals surface area contributed by atoms with Crippen LogP contribution in [0.5, 0.6) is 0 Å². The number of ether oxygens (including phenoxy) is 1. The number of likely N-dealkylation sites (tertiary alicyclic amines) is 1. The summed E-state index contributed by atoms with van der Waals surface area (Å²) in [4.78, 5) is 35.4. The number of imide groups is 1. The van der Waals surface area contributed by atoms with Crippen LogP contribution in [0.2, 0.25) is 0 Å². The lowest BCUT2D eigenvalue weighted by Gasteiger charge is -2.34. The van der Waals surface area contributed by atoms with Crippen molar-refractivity contribution < 1.29 is 19.1 Å². The summed E-state index contributed by atoms with van der Waals surface area (Å²) in [5, 5.41) is 0. The van der Waals surface area contributed by atoms with Gasteiger partial charge in [-0.05, 0) is 12.8 Å². The molecule has 2 rings (SSSR count). The molecule has 0 spiro atoms. The van der Waals surface area contributed by atoms with Gasteiger partial charge in [0, 0.05) is 19.3 Å². The van der Waals surface area contributed by atoms with Crippen molar-refractivity contribution in [1.82, 2.24) is 4.90 Å². The lowest BCUT2D eigenvalue weighted by molar-refractivity contribution is -0.155. The van der Waals surface area contributed by atoms with Crippen molar-refractivity contribution in [3.63, 3.8) is 0 Å². The Kier molecular flexibility index (Phi) is 2.81. The number of rotatable bonds is 1. The summed E-state index contributed by atoms with van der Waals surface area (Å²) in [5.41, 5.74) is 0. The van der Waals surface area contributed by atoms with E-state index in [-0.39, 0.29) is 36.5 Å². The lowest BCUT2D eigenvalue weighted by atomic mass is 10.0. The molecule has 0 atom stereocenters. The second-order valence-electron chi connectivity index (χ2n) is 3.89. The highest BCUT2D eigenvalue weighted by Gasteiger charge is 2.36. The van der Waals surface area contributed by atoms with Gasteiger partial charge in [0.2, 0.25) is 11.8 Å². The minimum Gasteiger partial charge on any atom is -0.381 e. The van der Waals surface area contributed by atoms with Crippen LogP contribution in [0.4, 0.5) is 0 Å². The molecule has 2 fully saturated rings. The molecule has 5 heteroatoms. The fourth-order valence-electron chi connectivity index (χ4n) is 2.06. The smallest absolute Gasteiger partial charge is 0.236 e. The largest absolute Gasteiger partial charge is 0.381 e. The maximum atomic E-state index is 11.6. The Hall–Kier alpha value is -1.23. The lowest BCUT2D eigenvalue weighted by Crippen LogP contribution is -2.51. The van der Waals surface area contributed by atoms with Crippen molar-refractivity contribution in [2.24, 2.45) is 0 Å². The first-order valence-electron chi connectivity index (χ1n) is 5.13. The third-order valence-corrected chi connectivity index (χ3v) is 2.79. The van der Waals surface area contributed by atoms with E-state index in [1.165, 1.54) is 4.90 Å². The molecule has 0 bridgehead atoms. The van der Waals surface area contributed by atoms with Gasteiger partial charge in [-0.3, -0.25) is 19.3 Å². The van der Waals surface area contributed by atoms with Crippen LogP contribution in [0.1, 0.15) is 25.7 Å². The molecule has 0 saturated carbocycles. The molecule has 0 aliphatic carbocycles. The van der Waals surface area contributed by atoms with Gasteiger partial charge in [-0.1, -0.05) is 0 Å². The van der Waals surface area contributed by atoms with E-state index in [9.17, 15) is 14.4 Å². The van der Waals surface area contributed by atoms with Gasteiger partial charge >= 0.3 is 0 Å². The summed E-state index contributed by atoms with van der Waals surface area (Å²) in [5.74, 6) is -0.959. The first kappa shape index (κ1) is 10.3. The Morgan fingerprint density at radius 2 is 1.53 bits per heavy atom. The SMILES string of the molecule is O=C1CC(=O)N(C2CCOCC2)C(=O)C1. The van der Waals surface area contributed by atoms with Crippen LogP contribution in [-0.4, -0.2) is 41.8 Å². The van der Waals surface area contributed by atoms with E-state index in [4.69, 9.17) is 4.74 Å². The second-order valence-corrected chi connectivity index (χ2v) is 3.89. The molecule has 2 saturated heterocycles. The van der Waals surface area contributed by atoms with Crippen LogP contribution in [0.15, 0.2) is 0 Å². The molecule has 2 heterocycles. The number of nitrogens with zero attached hydrogens (tertiary/aromatic N) is 1. The number of hydrogen-bond donors (Lipinski definition) is 0. The van der Waals surface area contributed by atoms with E-state index in [0.717, 1.165) is 0 Å². The zero-order valence-electron chi connectivity index (χ0n) is 8.40. The molecule has 0 N–H and O–H groups in total. The standard InChI is InChI=1S/C10H13NO4/c12-8-5-9(13)11(10(14)6-8)7-1-3-15-4-2-7/h7H,1-6H2. The predicted molar refractivity (Wildman–Crippen MR) is 49.9 cm³/mol. The average molecular weight is 211 g/mol. The predicted octanol–water partition coefficient (Wildman–Crippen LogP) is -0.117. The molecule has 2 amide bonds. The number of piperidine rings is 1. The first-order chi connectivity index (χ1) is 7.18. The Balaban J connectivity index is 2.09. The number of amides is 2. The fourth-order valence-corrected chi connectivity index (χ4v) is 2.06. The number of Topliss-reactive ketones (excluding diaryl/α,β-unsaturated/α-hetero) is 1. The van der Waals surface area contributed by atoms with Crippen LogP contribution in [-0.2, 0) is 19.1 Å². The zero-order chi connectivity index (χ0) is 10.8. The quantitative estimate of drug-likeness (QED) is 0.448. The molecule has 0 aromatic carbocycles. The third-order valence-electron chi connectivity index (χ3n) is 2.79. The van der Waals surface area contributed by atoms with Crippen LogP contribution in [0.25, 0.3) is 0 Å². The van der Waals surface area contributed by atoms with Gasteiger partial charge < -0.3 is 4.74 Å². The van der Waals surface area contributed by atoms with Gasteiger partial charge in [0.15, 0.2) is 5.78 Å². The number of carbonyl (C=O) groups is 3. The van der Waals surface area contributed by atoms with E-state index in [1.54, 1.807) is 0 Å². The van der Waals surface area contributed by atoms with E-state index in [1.807, 2.05) is 0 Å². The minimum absolute atomic E-state index is 0.0631. The van der Waals surface area contributed by atoms with E-state index < -0.39 is 0 Å². The second kappa shape index (κ2) is 4.10. The topological polar surface area (TPSA) is 63.7 Å². The van der Waals surface area contributed by atoms with Crippen LogP contribution in [0.3, 0.4) is 0 Å². The maximum absolute atomic E-state index is 11.6. The molecule has 0 unspecified atom stereocenters. The monoisotopic (exact) mass is 211 g/mol. The number of hydrogen-bond acceptors (Lipinski definition) is 4. The van der Waals surface area contributed by atoms with Gasteiger partial charge in [0.05, 0.1) is 12.8 Å². The summed E-state index contributed by atoms with van der Waals surface area (Å²) in [7, 11) is 0. The summed E-state index contributed by atoms with van der Waals surface area (Å²) in [6, 6.07) is -0.0631. The maximum Gasteiger partial charge on any atom is 0.236 e. The van der Waals surface area contributed by atoms with Crippen LogP contribution in [0, 0.1) is 0 Å². The Bertz CT molecular complexity index is 287. The Labute approximate surface area is 87.4 Å². The summed E-state index contributed by atoms with van der Waals surface area (Å²) < 4.78 is 5.17. The molecule has 0 aromatic rings. The Morgan fingerprint density at radius 3 is 2.07 bits per heavy atom. The summed E-state index contributed by atoms with van der Waals surface area (Å²) >= 11 is 0. The normalized spacial score (nSPS) is 24.8. The molecule has 15 heavy (non-hydrogen) atoms. The van der Waals surface area contributed by atoms with Crippen molar-refractivity contribution in [1.29, 1.82) is 0 Å². The molecular weight excluding hydrogens is 198 g/mol. The molecule has 2 aliphatic heterocycles. The first-order valence-corrected chi connectivity index (χ1v) is 5.13. The highest BCUT2D eigenvalue weighted by atomic mass is 16.5. The summed E-state index contributed by atoms with van der Waals surface area (Å²) in [6.07, 6.45) is 1.13. The molecule has 5 nitrogen and oxygen atoms in total. The van der Waals surface area contributed by atoms with Gasteiger partial charge in [-0.2, -0.15) is 0 Å². The van der Waals surface area contributed by atoms with E-state index in [0.29, 0.717) is 26.1 Å². The van der Waals surface area contributed by atoms with E-state index in [2.05, 4.69) is 0 Å². The number of carbonyl (C=O) groups excluding carboxylic acids is 3. The zero-order valence-corrected chi connectivity index (χ0v) is 8.40. The van der Waals surface area contributed by atoms with Crippen molar-refractivity contribution in [3.05, 3.63) is 0 Å². The van der Waals surface area contributed by atoms with Crippen LogP contribution < -0.4 is 0 Å². The molecular formula is C10H13NO4. The van der Waals surface area contributed by atoms with Crippen LogP contribution >= 0.6 is 0 Å². The Morgan fingerprint density at radius 1 is 1.00 bits per heavy atom. The molecule has 82 valence electrons. The van der Waals surface area contributed by atoms with Gasteiger partial charge in [0.25, 0.3) is 0 Å².